The van der Waals surface area contributed by atoms with Gasteiger partial charge in [-0.25, -0.2) is 4.79 Å². The van der Waals surface area contributed by atoms with Crippen molar-refractivity contribution in [2.24, 2.45) is 0 Å². The third kappa shape index (κ3) is 4.63. The van der Waals surface area contributed by atoms with Crippen LogP contribution in [-0.2, 0) is 4.79 Å². The Balaban J connectivity index is 2.75. The molecule has 0 heterocycles. The van der Waals surface area contributed by atoms with E-state index in [0.29, 0.717) is 5.75 Å². The van der Waals surface area contributed by atoms with Crippen molar-refractivity contribution in [1.82, 2.24) is 4.90 Å². The second-order valence-electron chi connectivity index (χ2n) is 5.23. The minimum atomic E-state index is -1.06. The summed E-state index contributed by atoms with van der Waals surface area (Å²) in [5.41, 5.74) is 0.0738. The van der Waals surface area contributed by atoms with E-state index >= 15 is 0 Å². The predicted molar refractivity (Wildman–Crippen MR) is 81.0 cm³/mol. The van der Waals surface area contributed by atoms with Crippen LogP contribution in [0.5, 0.6) is 5.75 Å². The molecular formula is C15H20ClNO4. The number of hydrogen-bond donors (Lipinski definition) is 1. The first-order chi connectivity index (χ1) is 9.73. The SMILES string of the molecule is CC(C)N(C(=O)COc1ccc(C(=O)O)cc1Cl)C(C)C. The Bertz CT molecular complexity index is 520. The Morgan fingerprint density at radius 1 is 1.24 bits per heavy atom. The van der Waals surface area contributed by atoms with Crippen LogP contribution in [0.3, 0.4) is 0 Å². The molecule has 5 nitrogen and oxygen atoms in total. The molecule has 21 heavy (non-hydrogen) atoms. The molecule has 0 radical (unpaired) electrons. The number of ether oxygens (including phenoxy) is 1. The van der Waals surface area contributed by atoms with Gasteiger partial charge in [-0.05, 0) is 45.9 Å². The Morgan fingerprint density at radius 2 is 1.81 bits per heavy atom. The van der Waals surface area contributed by atoms with Gasteiger partial charge in [-0.2, -0.15) is 0 Å². The number of nitrogens with zero attached hydrogens (tertiary/aromatic N) is 1. The van der Waals surface area contributed by atoms with Gasteiger partial charge in [0, 0.05) is 12.1 Å². The lowest BCUT2D eigenvalue weighted by Gasteiger charge is -2.30. The van der Waals surface area contributed by atoms with Crippen molar-refractivity contribution < 1.29 is 19.4 Å². The summed E-state index contributed by atoms with van der Waals surface area (Å²) in [4.78, 5) is 24.7. The molecule has 0 aliphatic rings. The van der Waals surface area contributed by atoms with E-state index < -0.39 is 5.97 Å². The highest BCUT2D eigenvalue weighted by molar-refractivity contribution is 6.32. The Labute approximate surface area is 129 Å². The number of carboxylic acids is 1. The fraction of sp³-hybridized carbons (Fsp3) is 0.467. The van der Waals surface area contributed by atoms with Gasteiger partial charge in [-0.3, -0.25) is 4.79 Å². The average molecular weight is 314 g/mol. The van der Waals surface area contributed by atoms with Crippen LogP contribution >= 0.6 is 11.6 Å². The molecule has 1 N–H and O–H groups in total. The van der Waals surface area contributed by atoms with Crippen molar-refractivity contribution in [3.8, 4) is 5.75 Å². The standard InChI is InChI=1S/C15H20ClNO4/c1-9(2)17(10(3)4)14(18)8-21-13-6-5-11(15(19)20)7-12(13)16/h5-7,9-10H,8H2,1-4H3,(H,19,20). The maximum Gasteiger partial charge on any atom is 0.335 e. The summed E-state index contributed by atoms with van der Waals surface area (Å²) >= 11 is 5.95. The van der Waals surface area contributed by atoms with Crippen LogP contribution in [0, 0.1) is 0 Å². The molecule has 0 unspecified atom stereocenters. The average Bonchev–Trinajstić information content (AvgIpc) is 2.36. The minimum Gasteiger partial charge on any atom is -0.482 e. The molecule has 1 rings (SSSR count). The summed E-state index contributed by atoms with van der Waals surface area (Å²) in [5, 5.41) is 9.02. The first-order valence-electron chi connectivity index (χ1n) is 6.70. The van der Waals surface area contributed by atoms with Crippen molar-refractivity contribution in [1.29, 1.82) is 0 Å². The van der Waals surface area contributed by atoms with E-state index in [1.165, 1.54) is 18.2 Å². The van der Waals surface area contributed by atoms with E-state index in [1.807, 2.05) is 27.7 Å². The number of halogens is 1. The number of carboxylic acid groups (broad SMARTS) is 1. The topological polar surface area (TPSA) is 66.8 Å². The lowest BCUT2D eigenvalue weighted by Crippen LogP contribution is -2.44. The van der Waals surface area contributed by atoms with Crippen LogP contribution < -0.4 is 4.74 Å². The van der Waals surface area contributed by atoms with Gasteiger partial charge >= 0.3 is 5.97 Å². The molecule has 1 aromatic carbocycles. The van der Waals surface area contributed by atoms with Gasteiger partial charge in [0.05, 0.1) is 10.6 Å². The molecule has 0 aromatic heterocycles. The third-order valence-electron chi connectivity index (χ3n) is 2.93. The second kappa shape index (κ2) is 7.31. The highest BCUT2D eigenvalue weighted by Crippen LogP contribution is 2.25. The Morgan fingerprint density at radius 3 is 2.24 bits per heavy atom. The van der Waals surface area contributed by atoms with E-state index in [-0.39, 0.29) is 35.2 Å². The number of benzene rings is 1. The fourth-order valence-corrected chi connectivity index (χ4v) is 2.37. The number of rotatable bonds is 6. The van der Waals surface area contributed by atoms with Crippen LogP contribution in [0.15, 0.2) is 18.2 Å². The molecule has 0 saturated carbocycles. The highest BCUT2D eigenvalue weighted by Gasteiger charge is 2.20. The zero-order chi connectivity index (χ0) is 16.2. The van der Waals surface area contributed by atoms with Gasteiger partial charge in [-0.15, -0.1) is 0 Å². The smallest absolute Gasteiger partial charge is 0.335 e. The lowest BCUT2D eigenvalue weighted by molar-refractivity contribution is -0.136. The van der Waals surface area contributed by atoms with Crippen LogP contribution in [0.1, 0.15) is 38.1 Å². The van der Waals surface area contributed by atoms with E-state index in [0.717, 1.165) is 0 Å². The van der Waals surface area contributed by atoms with Gasteiger partial charge in [0.2, 0.25) is 0 Å². The summed E-state index contributed by atoms with van der Waals surface area (Å²) in [6, 6.07) is 4.29. The molecule has 0 atom stereocenters. The quantitative estimate of drug-likeness (QED) is 0.876. The molecule has 0 saturated heterocycles. The van der Waals surface area contributed by atoms with Crippen molar-refractivity contribution in [2.75, 3.05) is 6.61 Å². The number of hydrogen-bond acceptors (Lipinski definition) is 3. The zero-order valence-corrected chi connectivity index (χ0v) is 13.3. The number of aromatic carboxylic acids is 1. The molecule has 6 heteroatoms. The Kier molecular flexibility index (Phi) is 6.03. The molecule has 0 fully saturated rings. The molecule has 1 aromatic rings. The summed E-state index contributed by atoms with van der Waals surface area (Å²) in [6.07, 6.45) is 0. The molecule has 116 valence electrons. The van der Waals surface area contributed by atoms with Crippen molar-refractivity contribution in [3.63, 3.8) is 0 Å². The molecule has 0 spiro atoms. The summed E-state index contributed by atoms with van der Waals surface area (Å²) < 4.78 is 5.40. The maximum atomic E-state index is 12.1. The minimum absolute atomic E-state index is 0.0738. The van der Waals surface area contributed by atoms with Gasteiger partial charge < -0.3 is 14.7 Å². The fourth-order valence-electron chi connectivity index (χ4n) is 2.14. The van der Waals surface area contributed by atoms with Crippen LogP contribution in [0.4, 0.5) is 0 Å². The highest BCUT2D eigenvalue weighted by atomic mass is 35.5. The normalized spacial score (nSPS) is 10.8. The molecule has 0 bridgehead atoms. The molecule has 0 aliphatic heterocycles. The lowest BCUT2D eigenvalue weighted by atomic mass is 10.2. The van der Waals surface area contributed by atoms with Gasteiger partial charge in [0.25, 0.3) is 5.91 Å². The van der Waals surface area contributed by atoms with Crippen LogP contribution in [0.2, 0.25) is 5.02 Å². The van der Waals surface area contributed by atoms with E-state index in [2.05, 4.69) is 0 Å². The van der Waals surface area contributed by atoms with Crippen molar-refractivity contribution in [2.45, 2.75) is 39.8 Å². The largest absolute Gasteiger partial charge is 0.482 e. The summed E-state index contributed by atoms with van der Waals surface area (Å²) in [7, 11) is 0. The number of carbonyl (C=O) groups excluding carboxylic acids is 1. The van der Waals surface area contributed by atoms with Crippen molar-refractivity contribution in [3.05, 3.63) is 28.8 Å². The zero-order valence-electron chi connectivity index (χ0n) is 12.6. The van der Waals surface area contributed by atoms with Gasteiger partial charge in [0.15, 0.2) is 6.61 Å². The number of amides is 1. The predicted octanol–water partition coefficient (Wildman–Crippen LogP) is 3.06. The first-order valence-corrected chi connectivity index (χ1v) is 7.08. The maximum absolute atomic E-state index is 12.1. The second-order valence-corrected chi connectivity index (χ2v) is 5.63. The summed E-state index contributed by atoms with van der Waals surface area (Å²) in [5.74, 6) is -0.911. The number of carbonyl (C=O) groups is 2. The molecular weight excluding hydrogens is 294 g/mol. The van der Waals surface area contributed by atoms with Crippen LogP contribution in [0.25, 0.3) is 0 Å². The first kappa shape index (κ1) is 17.3. The van der Waals surface area contributed by atoms with E-state index in [1.54, 1.807) is 4.90 Å². The van der Waals surface area contributed by atoms with Gasteiger partial charge in [-0.1, -0.05) is 11.6 Å². The molecule has 0 aliphatic carbocycles. The van der Waals surface area contributed by atoms with Gasteiger partial charge in [0.1, 0.15) is 5.75 Å². The van der Waals surface area contributed by atoms with Crippen LogP contribution in [-0.4, -0.2) is 40.6 Å². The van der Waals surface area contributed by atoms with Crippen molar-refractivity contribution >= 4 is 23.5 Å². The Hall–Kier alpha value is -1.75. The van der Waals surface area contributed by atoms with E-state index in [9.17, 15) is 9.59 Å². The third-order valence-corrected chi connectivity index (χ3v) is 3.23. The monoisotopic (exact) mass is 313 g/mol. The summed E-state index contributed by atoms with van der Waals surface area (Å²) in [6.45, 7) is 7.61. The van der Waals surface area contributed by atoms with E-state index in [4.69, 9.17) is 21.4 Å². The molecule has 1 amide bonds.